The van der Waals surface area contributed by atoms with Crippen molar-refractivity contribution in [2.75, 3.05) is 19.9 Å². The van der Waals surface area contributed by atoms with E-state index < -0.39 is 0 Å². The zero-order chi connectivity index (χ0) is 16.9. The van der Waals surface area contributed by atoms with Crippen molar-refractivity contribution < 1.29 is 14.3 Å². The summed E-state index contributed by atoms with van der Waals surface area (Å²) in [5.41, 5.74) is 2.92. The number of carbonyl (C=O) groups is 1. The lowest BCUT2D eigenvalue weighted by Gasteiger charge is -2.09. The minimum absolute atomic E-state index is 0.0531. The second kappa shape index (κ2) is 7.68. The van der Waals surface area contributed by atoms with Crippen LogP contribution in [0, 0.1) is 6.92 Å². The van der Waals surface area contributed by atoms with Gasteiger partial charge in [0.1, 0.15) is 0 Å². The average Bonchev–Trinajstić information content (AvgIpc) is 3.04. The van der Waals surface area contributed by atoms with Crippen LogP contribution in [-0.4, -0.2) is 25.8 Å². The largest absolute Gasteiger partial charge is 0.454 e. The molecule has 0 radical (unpaired) electrons. The molecule has 126 valence electrons. The fourth-order valence-electron chi connectivity index (χ4n) is 2.43. The lowest BCUT2D eigenvalue weighted by atomic mass is 10.1. The summed E-state index contributed by atoms with van der Waals surface area (Å²) in [5.74, 6) is 1.46. The number of benzene rings is 2. The van der Waals surface area contributed by atoms with Crippen LogP contribution in [-0.2, 0) is 6.54 Å². The molecule has 0 aliphatic carbocycles. The third kappa shape index (κ3) is 4.07. The molecule has 0 aromatic heterocycles. The van der Waals surface area contributed by atoms with Crippen molar-refractivity contribution in [2.45, 2.75) is 13.5 Å². The molecule has 0 bridgehead atoms. The first-order valence-corrected chi connectivity index (χ1v) is 8.56. The number of rotatable bonds is 6. The van der Waals surface area contributed by atoms with Gasteiger partial charge in [0.2, 0.25) is 6.79 Å². The molecule has 5 nitrogen and oxygen atoms in total. The highest BCUT2D eigenvalue weighted by atomic mass is 79.9. The van der Waals surface area contributed by atoms with Crippen LogP contribution in [0.5, 0.6) is 11.5 Å². The Balaban J connectivity index is 1.42. The van der Waals surface area contributed by atoms with E-state index in [1.807, 2.05) is 43.3 Å². The van der Waals surface area contributed by atoms with Gasteiger partial charge < -0.3 is 20.1 Å². The number of amides is 1. The Morgan fingerprint density at radius 1 is 1.17 bits per heavy atom. The Hall–Kier alpha value is -2.05. The number of hydrogen-bond donors (Lipinski definition) is 2. The van der Waals surface area contributed by atoms with Gasteiger partial charge in [-0.1, -0.05) is 17.7 Å². The Labute approximate surface area is 149 Å². The molecule has 2 N–H and O–H groups in total. The van der Waals surface area contributed by atoms with Crippen LogP contribution in [0.2, 0.25) is 0 Å². The van der Waals surface area contributed by atoms with Crippen molar-refractivity contribution in [1.29, 1.82) is 0 Å². The van der Waals surface area contributed by atoms with Gasteiger partial charge in [0.05, 0.1) is 4.47 Å². The summed E-state index contributed by atoms with van der Waals surface area (Å²) in [4.78, 5) is 12.0. The summed E-state index contributed by atoms with van der Waals surface area (Å²) < 4.78 is 11.7. The summed E-state index contributed by atoms with van der Waals surface area (Å²) in [6.45, 7) is 4.20. The second-order valence-corrected chi connectivity index (χ2v) is 6.46. The average molecular weight is 391 g/mol. The molecule has 24 heavy (non-hydrogen) atoms. The van der Waals surface area contributed by atoms with Crippen LogP contribution in [0.3, 0.4) is 0 Å². The number of halogens is 1. The van der Waals surface area contributed by atoms with Crippen molar-refractivity contribution in [3.05, 3.63) is 57.6 Å². The Kier molecular flexibility index (Phi) is 5.37. The van der Waals surface area contributed by atoms with E-state index in [4.69, 9.17) is 9.47 Å². The molecule has 0 fully saturated rings. The summed E-state index contributed by atoms with van der Waals surface area (Å²) >= 11 is 3.48. The maximum atomic E-state index is 12.0. The van der Waals surface area contributed by atoms with E-state index in [2.05, 4.69) is 26.6 Å². The van der Waals surface area contributed by atoms with Gasteiger partial charge in [0.15, 0.2) is 11.5 Å². The highest BCUT2D eigenvalue weighted by Crippen LogP contribution is 2.39. The van der Waals surface area contributed by atoms with E-state index in [0.717, 1.165) is 27.1 Å². The van der Waals surface area contributed by atoms with E-state index in [1.165, 1.54) is 0 Å². The molecule has 2 aromatic carbocycles. The molecule has 2 aromatic rings. The third-order valence-electron chi connectivity index (χ3n) is 3.72. The number of ether oxygens (including phenoxy) is 2. The normalized spacial score (nSPS) is 12.2. The van der Waals surface area contributed by atoms with Crippen LogP contribution in [0.15, 0.2) is 40.9 Å². The first-order valence-electron chi connectivity index (χ1n) is 7.77. The van der Waals surface area contributed by atoms with Gasteiger partial charge >= 0.3 is 0 Å². The predicted molar refractivity (Wildman–Crippen MR) is 95.5 cm³/mol. The van der Waals surface area contributed by atoms with Gasteiger partial charge in [0, 0.05) is 25.2 Å². The lowest BCUT2D eigenvalue weighted by Crippen LogP contribution is -2.31. The van der Waals surface area contributed by atoms with Gasteiger partial charge in [-0.2, -0.15) is 0 Å². The van der Waals surface area contributed by atoms with Gasteiger partial charge in [-0.05, 0) is 52.7 Å². The molecule has 1 aliphatic rings. The monoisotopic (exact) mass is 390 g/mol. The SMILES string of the molecule is Cc1ccc(C(=O)NCCNCc2cc(Br)c3c(c2)OCO3)cc1. The minimum atomic E-state index is -0.0531. The van der Waals surface area contributed by atoms with Gasteiger partial charge in [-0.15, -0.1) is 0 Å². The summed E-state index contributed by atoms with van der Waals surface area (Å²) in [7, 11) is 0. The van der Waals surface area contributed by atoms with Crippen LogP contribution in [0.1, 0.15) is 21.5 Å². The maximum Gasteiger partial charge on any atom is 0.251 e. The molecule has 0 spiro atoms. The van der Waals surface area contributed by atoms with Crippen molar-refractivity contribution in [1.82, 2.24) is 10.6 Å². The van der Waals surface area contributed by atoms with E-state index >= 15 is 0 Å². The molecular formula is C18H19BrN2O3. The molecule has 0 saturated heterocycles. The number of aryl methyl sites for hydroxylation is 1. The smallest absolute Gasteiger partial charge is 0.251 e. The van der Waals surface area contributed by atoms with Crippen LogP contribution >= 0.6 is 15.9 Å². The molecule has 0 atom stereocenters. The van der Waals surface area contributed by atoms with Crippen molar-refractivity contribution in [2.24, 2.45) is 0 Å². The van der Waals surface area contributed by atoms with E-state index in [9.17, 15) is 4.79 Å². The summed E-state index contributed by atoms with van der Waals surface area (Å²) in [6.07, 6.45) is 0. The fraction of sp³-hybridized carbons (Fsp3) is 0.278. The minimum Gasteiger partial charge on any atom is -0.454 e. The first kappa shape index (κ1) is 16.8. The zero-order valence-electron chi connectivity index (χ0n) is 13.4. The first-order chi connectivity index (χ1) is 11.6. The summed E-state index contributed by atoms with van der Waals surface area (Å²) in [5, 5.41) is 6.21. The molecule has 1 amide bonds. The third-order valence-corrected chi connectivity index (χ3v) is 4.31. The Morgan fingerprint density at radius 2 is 1.96 bits per heavy atom. The second-order valence-electron chi connectivity index (χ2n) is 5.61. The zero-order valence-corrected chi connectivity index (χ0v) is 15.0. The number of hydrogen-bond acceptors (Lipinski definition) is 4. The molecule has 1 aliphatic heterocycles. The van der Waals surface area contributed by atoms with Crippen molar-refractivity contribution in [3.63, 3.8) is 0 Å². The van der Waals surface area contributed by atoms with Crippen LogP contribution < -0.4 is 20.1 Å². The van der Waals surface area contributed by atoms with E-state index in [1.54, 1.807) is 0 Å². The van der Waals surface area contributed by atoms with Gasteiger partial charge in [0.25, 0.3) is 5.91 Å². The molecule has 0 saturated carbocycles. The van der Waals surface area contributed by atoms with Gasteiger partial charge in [-0.25, -0.2) is 0 Å². The highest BCUT2D eigenvalue weighted by molar-refractivity contribution is 9.10. The van der Waals surface area contributed by atoms with Gasteiger partial charge in [-0.3, -0.25) is 4.79 Å². The Morgan fingerprint density at radius 3 is 2.75 bits per heavy atom. The topological polar surface area (TPSA) is 59.6 Å². The van der Waals surface area contributed by atoms with E-state index in [-0.39, 0.29) is 12.7 Å². The molecular weight excluding hydrogens is 372 g/mol. The van der Waals surface area contributed by atoms with Crippen molar-refractivity contribution >= 4 is 21.8 Å². The van der Waals surface area contributed by atoms with Crippen molar-refractivity contribution in [3.8, 4) is 11.5 Å². The standard InChI is InChI=1S/C18H19BrN2O3/c1-12-2-4-14(5-3-12)18(22)21-7-6-20-10-13-8-15(19)17-16(9-13)23-11-24-17/h2-5,8-9,20H,6-7,10-11H2,1H3,(H,21,22). The molecule has 0 unspecified atom stereocenters. The lowest BCUT2D eigenvalue weighted by molar-refractivity contribution is 0.0954. The van der Waals surface area contributed by atoms with E-state index in [0.29, 0.717) is 25.2 Å². The Bertz CT molecular complexity index is 732. The number of fused-ring (bicyclic) bond motifs is 1. The highest BCUT2D eigenvalue weighted by Gasteiger charge is 2.17. The molecule has 6 heteroatoms. The number of carbonyl (C=O) groups excluding carboxylic acids is 1. The quantitative estimate of drug-likeness (QED) is 0.744. The maximum absolute atomic E-state index is 12.0. The van der Waals surface area contributed by atoms with Crippen LogP contribution in [0.4, 0.5) is 0 Å². The summed E-state index contributed by atoms with van der Waals surface area (Å²) in [6, 6.07) is 11.5. The van der Waals surface area contributed by atoms with Crippen LogP contribution in [0.25, 0.3) is 0 Å². The fourth-order valence-corrected chi connectivity index (χ4v) is 3.03. The molecule has 1 heterocycles. The number of nitrogens with one attached hydrogen (secondary N) is 2. The predicted octanol–water partition coefficient (Wildman–Crippen LogP) is 3.01. The molecule has 3 rings (SSSR count).